The Balaban J connectivity index is 3.07. The Morgan fingerprint density at radius 1 is 1.25 bits per heavy atom. The Hall–Kier alpha value is -2.04. The molecule has 2 N–H and O–H groups in total. The van der Waals surface area contributed by atoms with E-state index in [1.807, 2.05) is 0 Å². The van der Waals surface area contributed by atoms with E-state index in [2.05, 4.69) is 5.32 Å². The molecule has 0 aromatic heterocycles. The fourth-order valence-corrected chi connectivity index (χ4v) is 1.65. The number of amides is 1. The molecule has 5 heteroatoms. The molecule has 0 heterocycles. The molecule has 0 aliphatic rings. The van der Waals surface area contributed by atoms with Gasteiger partial charge in [-0.05, 0) is 58.4 Å². The topological polar surface area (TPSA) is 75.6 Å². The number of ether oxygens (including phenoxy) is 1. The first kappa shape index (κ1) is 16.0. The summed E-state index contributed by atoms with van der Waals surface area (Å²) < 4.78 is 5.17. The standard InChI is InChI=1S/C15H21NO4/c1-14(2,3)20-13(19)16-12-7-6-10(18)8-11(12)15(4,5)9-17/h6-9,18H,1-5H3,(H,16,19). The van der Waals surface area contributed by atoms with Crippen molar-refractivity contribution in [1.29, 1.82) is 0 Å². The lowest BCUT2D eigenvalue weighted by molar-refractivity contribution is -0.111. The zero-order valence-corrected chi connectivity index (χ0v) is 12.5. The molecular formula is C15H21NO4. The number of anilines is 1. The first-order valence-corrected chi connectivity index (χ1v) is 6.35. The summed E-state index contributed by atoms with van der Waals surface area (Å²) in [7, 11) is 0. The predicted octanol–water partition coefficient (Wildman–Crippen LogP) is 3.22. The molecule has 0 radical (unpaired) electrons. The van der Waals surface area contributed by atoms with E-state index >= 15 is 0 Å². The molecule has 0 fully saturated rings. The van der Waals surface area contributed by atoms with Crippen LogP contribution in [-0.2, 0) is 14.9 Å². The Labute approximate surface area is 118 Å². The molecule has 110 valence electrons. The van der Waals surface area contributed by atoms with Gasteiger partial charge < -0.3 is 14.6 Å². The molecule has 0 saturated heterocycles. The van der Waals surface area contributed by atoms with E-state index in [0.717, 1.165) is 6.29 Å². The minimum Gasteiger partial charge on any atom is -0.508 e. The lowest BCUT2D eigenvalue weighted by Crippen LogP contribution is -2.29. The van der Waals surface area contributed by atoms with Gasteiger partial charge in [-0.15, -0.1) is 0 Å². The highest BCUT2D eigenvalue weighted by Gasteiger charge is 2.25. The van der Waals surface area contributed by atoms with E-state index < -0.39 is 17.1 Å². The van der Waals surface area contributed by atoms with E-state index in [-0.39, 0.29) is 5.75 Å². The molecule has 20 heavy (non-hydrogen) atoms. The fourth-order valence-electron chi connectivity index (χ4n) is 1.65. The highest BCUT2D eigenvalue weighted by Crippen LogP contribution is 2.31. The average Bonchev–Trinajstić information content (AvgIpc) is 2.29. The summed E-state index contributed by atoms with van der Waals surface area (Å²) in [5.41, 5.74) is -0.475. The summed E-state index contributed by atoms with van der Waals surface area (Å²) in [6.45, 7) is 8.70. The number of aldehydes is 1. The third-order valence-corrected chi connectivity index (χ3v) is 2.63. The molecule has 0 aliphatic carbocycles. The molecule has 0 spiro atoms. The third-order valence-electron chi connectivity index (χ3n) is 2.63. The summed E-state index contributed by atoms with van der Waals surface area (Å²) >= 11 is 0. The maximum atomic E-state index is 11.8. The number of aromatic hydroxyl groups is 1. The average molecular weight is 279 g/mol. The van der Waals surface area contributed by atoms with Gasteiger partial charge in [0.1, 0.15) is 17.6 Å². The minimum absolute atomic E-state index is 0.0321. The van der Waals surface area contributed by atoms with Crippen LogP contribution in [0.2, 0.25) is 0 Å². The van der Waals surface area contributed by atoms with E-state index in [9.17, 15) is 14.7 Å². The van der Waals surface area contributed by atoms with Crippen LogP contribution in [0.4, 0.5) is 10.5 Å². The van der Waals surface area contributed by atoms with Gasteiger partial charge in [0.15, 0.2) is 0 Å². The fraction of sp³-hybridized carbons (Fsp3) is 0.467. The van der Waals surface area contributed by atoms with Gasteiger partial charge in [0.05, 0.1) is 0 Å². The number of hydrogen-bond donors (Lipinski definition) is 2. The quantitative estimate of drug-likeness (QED) is 0.658. The molecular weight excluding hydrogens is 258 g/mol. The van der Waals surface area contributed by atoms with Crippen molar-refractivity contribution in [2.45, 2.75) is 45.6 Å². The number of hydrogen-bond acceptors (Lipinski definition) is 4. The third kappa shape index (κ3) is 4.26. The van der Waals surface area contributed by atoms with E-state index in [4.69, 9.17) is 4.74 Å². The maximum Gasteiger partial charge on any atom is 0.412 e. The van der Waals surface area contributed by atoms with Gasteiger partial charge in [0.25, 0.3) is 0 Å². The molecule has 0 saturated carbocycles. The lowest BCUT2D eigenvalue weighted by Gasteiger charge is -2.24. The largest absolute Gasteiger partial charge is 0.508 e. The Morgan fingerprint density at radius 3 is 2.35 bits per heavy atom. The smallest absolute Gasteiger partial charge is 0.412 e. The summed E-state index contributed by atoms with van der Waals surface area (Å²) in [5, 5.41) is 12.2. The highest BCUT2D eigenvalue weighted by atomic mass is 16.6. The number of phenolic OH excluding ortho intramolecular Hbond substituents is 1. The Morgan fingerprint density at radius 2 is 1.85 bits per heavy atom. The molecule has 5 nitrogen and oxygen atoms in total. The number of carbonyl (C=O) groups is 2. The number of benzene rings is 1. The van der Waals surface area contributed by atoms with Gasteiger partial charge in [-0.25, -0.2) is 4.79 Å². The number of nitrogens with one attached hydrogen (secondary N) is 1. The predicted molar refractivity (Wildman–Crippen MR) is 77.1 cm³/mol. The second-order valence-electron chi connectivity index (χ2n) is 6.20. The van der Waals surface area contributed by atoms with Crippen LogP contribution in [-0.4, -0.2) is 23.1 Å². The van der Waals surface area contributed by atoms with Crippen molar-refractivity contribution in [2.75, 3.05) is 5.32 Å². The monoisotopic (exact) mass is 279 g/mol. The number of phenols is 1. The van der Waals surface area contributed by atoms with Gasteiger partial charge in [-0.1, -0.05) is 0 Å². The van der Waals surface area contributed by atoms with Crippen LogP contribution in [0.5, 0.6) is 5.75 Å². The van der Waals surface area contributed by atoms with Gasteiger partial charge >= 0.3 is 6.09 Å². The first-order valence-electron chi connectivity index (χ1n) is 6.35. The van der Waals surface area contributed by atoms with Gasteiger partial charge in [0.2, 0.25) is 0 Å². The Bertz CT molecular complexity index is 515. The second kappa shape index (κ2) is 5.53. The van der Waals surface area contributed by atoms with E-state index in [1.165, 1.54) is 12.1 Å². The molecule has 1 amide bonds. The van der Waals surface area contributed by atoms with Crippen molar-refractivity contribution in [3.05, 3.63) is 23.8 Å². The number of rotatable bonds is 3. The molecule has 0 atom stereocenters. The highest BCUT2D eigenvalue weighted by molar-refractivity contribution is 5.88. The van der Waals surface area contributed by atoms with Crippen molar-refractivity contribution in [3.63, 3.8) is 0 Å². The summed E-state index contributed by atoms with van der Waals surface area (Å²) in [6, 6.07) is 4.44. The Kier molecular flexibility index (Phi) is 4.43. The summed E-state index contributed by atoms with van der Waals surface area (Å²) in [5.74, 6) is 0.0321. The van der Waals surface area contributed by atoms with Crippen molar-refractivity contribution >= 4 is 18.1 Å². The first-order chi connectivity index (χ1) is 9.05. The molecule has 0 unspecified atom stereocenters. The molecule has 0 aliphatic heterocycles. The maximum absolute atomic E-state index is 11.8. The van der Waals surface area contributed by atoms with Crippen LogP contribution < -0.4 is 5.32 Å². The van der Waals surface area contributed by atoms with Gasteiger partial charge in [-0.3, -0.25) is 5.32 Å². The van der Waals surface area contributed by atoms with Crippen LogP contribution in [0.25, 0.3) is 0 Å². The lowest BCUT2D eigenvalue weighted by atomic mass is 9.85. The zero-order valence-electron chi connectivity index (χ0n) is 12.5. The molecule has 1 aromatic rings. The molecule has 0 bridgehead atoms. The molecule has 1 rings (SSSR count). The van der Waals surface area contributed by atoms with Crippen LogP contribution in [0, 0.1) is 0 Å². The summed E-state index contributed by atoms with van der Waals surface area (Å²) in [6.07, 6.45) is 0.160. The van der Waals surface area contributed by atoms with Crippen LogP contribution in [0.15, 0.2) is 18.2 Å². The summed E-state index contributed by atoms with van der Waals surface area (Å²) in [4.78, 5) is 23.0. The SMILES string of the molecule is CC(C)(C)OC(=O)Nc1ccc(O)cc1C(C)(C)C=O. The van der Waals surface area contributed by atoms with E-state index in [0.29, 0.717) is 11.3 Å². The molecule has 1 aromatic carbocycles. The van der Waals surface area contributed by atoms with Crippen LogP contribution >= 0.6 is 0 Å². The van der Waals surface area contributed by atoms with Crippen molar-refractivity contribution in [2.24, 2.45) is 0 Å². The van der Waals surface area contributed by atoms with Gasteiger partial charge in [-0.2, -0.15) is 0 Å². The second-order valence-corrected chi connectivity index (χ2v) is 6.20. The van der Waals surface area contributed by atoms with Crippen molar-refractivity contribution < 1.29 is 19.4 Å². The van der Waals surface area contributed by atoms with Crippen molar-refractivity contribution in [1.82, 2.24) is 0 Å². The van der Waals surface area contributed by atoms with Gasteiger partial charge in [0, 0.05) is 11.1 Å². The van der Waals surface area contributed by atoms with Crippen LogP contribution in [0.3, 0.4) is 0 Å². The zero-order chi connectivity index (χ0) is 15.6. The minimum atomic E-state index is -0.830. The van der Waals surface area contributed by atoms with E-state index in [1.54, 1.807) is 40.7 Å². The van der Waals surface area contributed by atoms with Crippen molar-refractivity contribution in [3.8, 4) is 5.75 Å². The van der Waals surface area contributed by atoms with Crippen LogP contribution in [0.1, 0.15) is 40.2 Å². The normalized spacial score (nSPS) is 11.8. The number of carbonyl (C=O) groups excluding carboxylic acids is 2.